The van der Waals surface area contributed by atoms with Crippen molar-refractivity contribution in [2.45, 2.75) is 12.5 Å². The third-order valence-corrected chi connectivity index (χ3v) is 6.77. The maximum absolute atomic E-state index is 4.24. The number of nitrogens with zero attached hydrogens (tertiary/aromatic N) is 3. The van der Waals surface area contributed by atoms with Crippen molar-refractivity contribution in [2.75, 3.05) is 24.5 Å². The van der Waals surface area contributed by atoms with E-state index in [-0.39, 0.29) is 0 Å². The molecule has 0 radical (unpaired) electrons. The van der Waals surface area contributed by atoms with E-state index in [1.807, 2.05) is 12.4 Å². The van der Waals surface area contributed by atoms with Gasteiger partial charge < -0.3 is 20.4 Å². The minimum atomic E-state index is 0.411. The molecule has 2 N–H and O–H groups in total. The highest BCUT2D eigenvalue weighted by Crippen LogP contribution is 2.31. The van der Waals surface area contributed by atoms with Crippen molar-refractivity contribution in [3.63, 3.8) is 0 Å². The first-order chi connectivity index (χ1) is 17.3. The number of hydrogen-bond donors (Lipinski definition) is 2. The normalized spacial score (nSPS) is 18.1. The fourth-order valence-electron chi connectivity index (χ4n) is 4.98. The van der Waals surface area contributed by atoms with E-state index in [1.54, 1.807) is 0 Å². The van der Waals surface area contributed by atoms with Gasteiger partial charge in [-0.05, 0) is 41.0 Å². The van der Waals surface area contributed by atoms with Crippen LogP contribution in [0.5, 0.6) is 0 Å². The largest absolute Gasteiger partial charge is 0.354 e. The Balaban J connectivity index is 1.29. The third-order valence-electron chi connectivity index (χ3n) is 6.77. The molecule has 0 aliphatic carbocycles. The van der Waals surface area contributed by atoms with Crippen molar-refractivity contribution in [3.8, 4) is 0 Å². The Kier molecular flexibility index (Phi) is 5.91. The SMILES string of the molecule is C1=C(N2CCN[C@@H](Cc3ccccc3)C2)NC=C(c2ccc3ccccc3c2)N1c1ccncc1. The van der Waals surface area contributed by atoms with Crippen LogP contribution < -0.4 is 15.5 Å². The molecule has 0 spiro atoms. The summed E-state index contributed by atoms with van der Waals surface area (Å²) in [5, 5.41) is 9.79. The molecule has 0 unspecified atom stereocenters. The van der Waals surface area contributed by atoms with Gasteiger partial charge in [0.25, 0.3) is 0 Å². The maximum atomic E-state index is 4.24. The summed E-state index contributed by atoms with van der Waals surface area (Å²) in [7, 11) is 0. The van der Waals surface area contributed by atoms with Crippen molar-refractivity contribution >= 4 is 22.2 Å². The minimum absolute atomic E-state index is 0.411. The zero-order valence-electron chi connectivity index (χ0n) is 19.6. The topological polar surface area (TPSA) is 43.4 Å². The van der Waals surface area contributed by atoms with Gasteiger partial charge in [0.1, 0.15) is 5.82 Å². The molecule has 2 aliphatic rings. The summed E-state index contributed by atoms with van der Waals surface area (Å²) in [6.45, 7) is 2.89. The van der Waals surface area contributed by atoms with Gasteiger partial charge in [0.05, 0.1) is 11.9 Å². The molecule has 174 valence electrons. The number of hydrogen-bond acceptors (Lipinski definition) is 5. The molecule has 1 aromatic heterocycles. The summed E-state index contributed by atoms with van der Waals surface area (Å²) in [5.41, 5.74) is 4.75. The summed E-state index contributed by atoms with van der Waals surface area (Å²) in [6.07, 6.45) is 9.09. The minimum Gasteiger partial charge on any atom is -0.354 e. The first-order valence-corrected chi connectivity index (χ1v) is 12.2. The van der Waals surface area contributed by atoms with Gasteiger partial charge in [-0.1, -0.05) is 66.7 Å². The fraction of sp³-hybridized carbons (Fsp3) is 0.167. The molecule has 6 rings (SSSR count). The van der Waals surface area contributed by atoms with Gasteiger partial charge in [0.2, 0.25) is 0 Å². The second kappa shape index (κ2) is 9.65. The number of anilines is 1. The average molecular weight is 460 g/mol. The zero-order valence-corrected chi connectivity index (χ0v) is 19.6. The predicted octanol–water partition coefficient (Wildman–Crippen LogP) is 4.96. The average Bonchev–Trinajstić information content (AvgIpc) is 2.94. The van der Waals surface area contributed by atoms with Crippen LogP contribution in [0.25, 0.3) is 16.5 Å². The molecule has 3 aromatic carbocycles. The van der Waals surface area contributed by atoms with Crippen molar-refractivity contribution in [1.82, 2.24) is 20.5 Å². The van der Waals surface area contributed by atoms with E-state index in [0.717, 1.165) is 43.3 Å². The van der Waals surface area contributed by atoms with Crippen LogP contribution in [0.2, 0.25) is 0 Å². The second-order valence-electron chi connectivity index (χ2n) is 9.11. The first kappa shape index (κ1) is 21.4. The number of nitrogens with one attached hydrogen (secondary N) is 2. The van der Waals surface area contributed by atoms with Crippen molar-refractivity contribution in [3.05, 3.63) is 127 Å². The van der Waals surface area contributed by atoms with Gasteiger partial charge >= 0.3 is 0 Å². The lowest BCUT2D eigenvalue weighted by atomic mass is 10.0. The lowest BCUT2D eigenvalue weighted by Crippen LogP contribution is -2.53. The van der Waals surface area contributed by atoms with Crippen molar-refractivity contribution in [2.24, 2.45) is 0 Å². The fourth-order valence-corrected chi connectivity index (χ4v) is 4.98. The summed E-state index contributed by atoms with van der Waals surface area (Å²) in [4.78, 5) is 8.96. The number of aromatic nitrogens is 1. The van der Waals surface area contributed by atoms with Gasteiger partial charge in [0, 0.05) is 55.5 Å². The Morgan fingerprint density at radius 3 is 2.51 bits per heavy atom. The lowest BCUT2D eigenvalue weighted by Gasteiger charge is -2.39. The van der Waals surface area contributed by atoms with Crippen LogP contribution in [0.15, 0.2) is 116 Å². The van der Waals surface area contributed by atoms with Crippen LogP contribution in [-0.4, -0.2) is 35.6 Å². The van der Waals surface area contributed by atoms with Gasteiger partial charge in [-0.2, -0.15) is 0 Å². The summed E-state index contributed by atoms with van der Waals surface area (Å²) >= 11 is 0. The molecule has 0 saturated carbocycles. The van der Waals surface area contributed by atoms with Gasteiger partial charge in [-0.3, -0.25) is 4.98 Å². The molecule has 4 aromatic rings. The third kappa shape index (κ3) is 4.63. The monoisotopic (exact) mass is 459 g/mol. The molecule has 35 heavy (non-hydrogen) atoms. The number of piperazine rings is 1. The van der Waals surface area contributed by atoms with Crippen molar-refractivity contribution in [1.29, 1.82) is 0 Å². The highest BCUT2D eigenvalue weighted by atomic mass is 15.3. The second-order valence-corrected chi connectivity index (χ2v) is 9.11. The van der Waals surface area contributed by atoms with Crippen LogP contribution in [-0.2, 0) is 6.42 Å². The van der Waals surface area contributed by atoms with Crippen LogP contribution in [0, 0.1) is 0 Å². The number of rotatable bonds is 5. The van der Waals surface area contributed by atoms with E-state index < -0.39 is 0 Å². The molecule has 5 nitrogen and oxygen atoms in total. The van der Waals surface area contributed by atoms with Crippen LogP contribution in [0.1, 0.15) is 11.1 Å². The highest BCUT2D eigenvalue weighted by molar-refractivity contribution is 5.90. The Morgan fingerprint density at radius 2 is 1.66 bits per heavy atom. The Hall–Kier alpha value is -4.09. The molecular weight excluding hydrogens is 430 g/mol. The van der Waals surface area contributed by atoms with Gasteiger partial charge in [-0.15, -0.1) is 0 Å². The first-order valence-electron chi connectivity index (χ1n) is 12.2. The summed E-state index contributed by atoms with van der Waals surface area (Å²) in [6, 6.07) is 30.4. The predicted molar refractivity (Wildman–Crippen MR) is 143 cm³/mol. The number of benzene rings is 3. The highest BCUT2D eigenvalue weighted by Gasteiger charge is 2.25. The summed E-state index contributed by atoms with van der Waals surface area (Å²) in [5.74, 6) is 1.12. The quantitative estimate of drug-likeness (QED) is 0.442. The zero-order chi connectivity index (χ0) is 23.5. The van der Waals surface area contributed by atoms with E-state index in [0.29, 0.717) is 6.04 Å². The molecule has 1 fully saturated rings. The van der Waals surface area contributed by atoms with E-state index >= 15 is 0 Å². The van der Waals surface area contributed by atoms with E-state index in [4.69, 9.17) is 0 Å². The van der Waals surface area contributed by atoms with Gasteiger partial charge in [0.15, 0.2) is 0 Å². The molecule has 3 heterocycles. The molecule has 1 atom stereocenters. The van der Waals surface area contributed by atoms with Crippen molar-refractivity contribution < 1.29 is 0 Å². The molecule has 0 bridgehead atoms. The Labute approximate surface area is 206 Å². The van der Waals surface area contributed by atoms with Crippen LogP contribution >= 0.6 is 0 Å². The van der Waals surface area contributed by atoms with Crippen LogP contribution in [0.3, 0.4) is 0 Å². The Bertz CT molecular complexity index is 1360. The number of pyridine rings is 1. The molecule has 0 amide bonds. The molecular formula is C30H29N5. The standard InChI is InChI=1S/C30H29N5/c1-2-6-23(7-3-1)18-27-21-34(17-16-32-27)30-22-35(28-12-14-31-15-13-28)29(20-33-30)26-11-10-24-8-4-5-9-25(24)19-26/h1-15,19-20,22,27,32-33H,16-18,21H2/t27-/m0/s1. The maximum Gasteiger partial charge on any atom is 0.123 e. The Morgan fingerprint density at radius 1 is 0.857 bits per heavy atom. The van der Waals surface area contributed by atoms with E-state index in [2.05, 4.69) is 123 Å². The summed E-state index contributed by atoms with van der Waals surface area (Å²) < 4.78 is 0. The molecule has 1 saturated heterocycles. The molecule has 5 heteroatoms. The number of fused-ring (bicyclic) bond motifs is 1. The lowest BCUT2D eigenvalue weighted by molar-refractivity contribution is 0.235. The van der Waals surface area contributed by atoms with E-state index in [1.165, 1.54) is 21.9 Å². The smallest absolute Gasteiger partial charge is 0.123 e. The van der Waals surface area contributed by atoms with Crippen LogP contribution in [0.4, 0.5) is 5.69 Å². The van der Waals surface area contributed by atoms with E-state index in [9.17, 15) is 0 Å². The molecule has 2 aliphatic heterocycles. The van der Waals surface area contributed by atoms with Gasteiger partial charge in [-0.25, -0.2) is 0 Å².